The van der Waals surface area contributed by atoms with E-state index >= 15 is 0 Å². The molecular formula is C15H26N2. The third-order valence-corrected chi connectivity index (χ3v) is 3.98. The molecule has 96 valence electrons. The summed E-state index contributed by atoms with van der Waals surface area (Å²) in [5.74, 6) is 1.83. The Hall–Kier alpha value is -1.18. The van der Waals surface area contributed by atoms with Crippen molar-refractivity contribution in [3.05, 3.63) is 23.8 Å². The van der Waals surface area contributed by atoms with Crippen molar-refractivity contribution in [1.82, 2.24) is 0 Å². The van der Waals surface area contributed by atoms with Gasteiger partial charge in [-0.3, -0.25) is 0 Å². The Kier molecular flexibility index (Phi) is 4.86. The van der Waals surface area contributed by atoms with E-state index in [0.717, 1.165) is 11.4 Å². The molecule has 0 saturated carbocycles. The predicted molar refractivity (Wildman–Crippen MR) is 76.9 cm³/mol. The van der Waals surface area contributed by atoms with Crippen LogP contribution >= 0.6 is 0 Å². The molecule has 1 aromatic rings. The van der Waals surface area contributed by atoms with Crippen molar-refractivity contribution < 1.29 is 0 Å². The van der Waals surface area contributed by atoms with Gasteiger partial charge in [-0.2, -0.15) is 0 Å². The van der Waals surface area contributed by atoms with Crippen molar-refractivity contribution in [1.29, 1.82) is 0 Å². The van der Waals surface area contributed by atoms with E-state index in [1.165, 1.54) is 18.4 Å². The lowest BCUT2D eigenvalue weighted by Gasteiger charge is -2.30. The van der Waals surface area contributed by atoms with E-state index in [0.29, 0.717) is 17.8 Å². The van der Waals surface area contributed by atoms with Crippen LogP contribution in [0.4, 0.5) is 11.4 Å². The Morgan fingerprint density at radius 2 is 1.53 bits per heavy atom. The van der Waals surface area contributed by atoms with Gasteiger partial charge in [0.15, 0.2) is 0 Å². The van der Waals surface area contributed by atoms with Crippen LogP contribution in [-0.2, 0) is 0 Å². The molecule has 0 radical (unpaired) electrons. The molecule has 2 nitrogen and oxygen atoms in total. The van der Waals surface area contributed by atoms with Crippen LogP contribution in [0, 0.1) is 11.8 Å². The van der Waals surface area contributed by atoms with Gasteiger partial charge in [0.25, 0.3) is 0 Å². The molecule has 2 heteroatoms. The van der Waals surface area contributed by atoms with E-state index in [4.69, 9.17) is 11.5 Å². The molecule has 1 rings (SSSR count). The lowest BCUT2D eigenvalue weighted by atomic mass is 9.75. The summed E-state index contributed by atoms with van der Waals surface area (Å²) in [5.41, 5.74) is 14.8. The van der Waals surface area contributed by atoms with E-state index < -0.39 is 0 Å². The first-order valence-corrected chi connectivity index (χ1v) is 6.66. The highest BCUT2D eigenvalue weighted by Gasteiger charge is 2.24. The van der Waals surface area contributed by atoms with Crippen LogP contribution in [0.15, 0.2) is 18.2 Å². The standard InChI is InChI=1S/C15H26N2/c1-5-10(3)15(11(4)6-2)13-8-7-12(16)9-14(13)17/h7-11,15H,5-6,16-17H2,1-4H3. The third kappa shape index (κ3) is 3.15. The van der Waals surface area contributed by atoms with E-state index in [1.54, 1.807) is 0 Å². The summed E-state index contributed by atoms with van der Waals surface area (Å²) in [6.45, 7) is 9.11. The van der Waals surface area contributed by atoms with Gasteiger partial charge < -0.3 is 11.5 Å². The Labute approximate surface area is 105 Å². The lowest BCUT2D eigenvalue weighted by molar-refractivity contribution is 0.330. The van der Waals surface area contributed by atoms with Crippen molar-refractivity contribution >= 4 is 11.4 Å². The lowest BCUT2D eigenvalue weighted by Crippen LogP contribution is -2.18. The minimum absolute atomic E-state index is 0.533. The Morgan fingerprint density at radius 1 is 1.00 bits per heavy atom. The summed E-state index contributed by atoms with van der Waals surface area (Å²) >= 11 is 0. The van der Waals surface area contributed by atoms with Gasteiger partial charge in [0.2, 0.25) is 0 Å². The molecule has 2 atom stereocenters. The van der Waals surface area contributed by atoms with Crippen LogP contribution in [0.2, 0.25) is 0 Å². The van der Waals surface area contributed by atoms with Gasteiger partial charge in [-0.15, -0.1) is 0 Å². The molecule has 0 aliphatic heterocycles. The van der Waals surface area contributed by atoms with Crippen LogP contribution in [0.1, 0.15) is 52.0 Å². The summed E-state index contributed by atoms with van der Waals surface area (Å²) in [4.78, 5) is 0. The van der Waals surface area contributed by atoms with Gasteiger partial charge in [-0.25, -0.2) is 0 Å². The van der Waals surface area contributed by atoms with Crippen LogP contribution in [0.3, 0.4) is 0 Å². The van der Waals surface area contributed by atoms with Crippen molar-refractivity contribution in [3.8, 4) is 0 Å². The summed E-state index contributed by atoms with van der Waals surface area (Å²) in [6, 6.07) is 5.95. The second-order valence-corrected chi connectivity index (χ2v) is 5.19. The maximum absolute atomic E-state index is 6.13. The van der Waals surface area contributed by atoms with Crippen molar-refractivity contribution in [3.63, 3.8) is 0 Å². The van der Waals surface area contributed by atoms with Crippen LogP contribution in [0.25, 0.3) is 0 Å². The van der Waals surface area contributed by atoms with Crippen molar-refractivity contribution in [2.75, 3.05) is 11.5 Å². The van der Waals surface area contributed by atoms with Crippen LogP contribution in [0.5, 0.6) is 0 Å². The second-order valence-electron chi connectivity index (χ2n) is 5.19. The summed E-state index contributed by atoms with van der Waals surface area (Å²) in [7, 11) is 0. The SMILES string of the molecule is CCC(C)C(c1ccc(N)cc1N)C(C)CC. The minimum Gasteiger partial charge on any atom is -0.399 e. The fourth-order valence-electron chi connectivity index (χ4n) is 2.58. The number of anilines is 2. The van der Waals surface area contributed by atoms with E-state index in [9.17, 15) is 0 Å². The highest BCUT2D eigenvalue weighted by molar-refractivity contribution is 5.58. The first-order chi connectivity index (χ1) is 8.01. The first kappa shape index (κ1) is 13.9. The molecule has 1 aromatic carbocycles. The maximum atomic E-state index is 6.13. The maximum Gasteiger partial charge on any atom is 0.0370 e. The number of hydrogen-bond donors (Lipinski definition) is 2. The number of hydrogen-bond acceptors (Lipinski definition) is 2. The van der Waals surface area contributed by atoms with Crippen molar-refractivity contribution in [2.24, 2.45) is 11.8 Å². The van der Waals surface area contributed by atoms with Gasteiger partial charge in [0.1, 0.15) is 0 Å². The monoisotopic (exact) mass is 234 g/mol. The zero-order valence-corrected chi connectivity index (χ0v) is 11.5. The minimum atomic E-state index is 0.533. The predicted octanol–water partition coefficient (Wildman–Crippen LogP) is 4.03. The molecule has 0 heterocycles. The Balaban J connectivity index is 3.12. The molecule has 0 bridgehead atoms. The molecule has 4 N–H and O–H groups in total. The van der Waals surface area contributed by atoms with E-state index in [-0.39, 0.29) is 0 Å². The molecular weight excluding hydrogens is 208 g/mol. The average Bonchev–Trinajstić information content (AvgIpc) is 2.31. The van der Waals surface area contributed by atoms with E-state index in [1.807, 2.05) is 12.1 Å². The summed E-state index contributed by atoms with van der Waals surface area (Å²) in [5, 5.41) is 0. The molecule has 0 aliphatic rings. The fourth-order valence-corrected chi connectivity index (χ4v) is 2.58. The smallest absolute Gasteiger partial charge is 0.0370 e. The largest absolute Gasteiger partial charge is 0.399 e. The van der Waals surface area contributed by atoms with Gasteiger partial charge in [-0.05, 0) is 35.4 Å². The number of nitrogen functional groups attached to an aromatic ring is 2. The molecule has 0 saturated heterocycles. The third-order valence-electron chi connectivity index (χ3n) is 3.98. The van der Waals surface area contributed by atoms with E-state index in [2.05, 4.69) is 33.8 Å². The zero-order chi connectivity index (χ0) is 13.0. The molecule has 0 aromatic heterocycles. The highest BCUT2D eigenvalue weighted by atomic mass is 14.6. The first-order valence-electron chi connectivity index (χ1n) is 6.66. The second kappa shape index (κ2) is 5.95. The highest BCUT2D eigenvalue weighted by Crippen LogP contribution is 2.38. The zero-order valence-electron chi connectivity index (χ0n) is 11.5. The van der Waals surface area contributed by atoms with Gasteiger partial charge in [-0.1, -0.05) is 46.6 Å². The van der Waals surface area contributed by atoms with Gasteiger partial charge in [0, 0.05) is 11.4 Å². The fraction of sp³-hybridized carbons (Fsp3) is 0.600. The average molecular weight is 234 g/mol. The quantitative estimate of drug-likeness (QED) is 0.756. The van der Waals surface area contributed by atoms with Gasteiger partial charge >= 0.3 is 0 Å². The molecule has 0 fully saturated rings. The molecule has 0 aliphatic carbocycles. The van der Waals surface area contributed by atoms with Crippen LogP contribution in [-0.4, -0.2) is 0 Å². The van der Waals surface area contributed by atoms with Gasteiger partial charge in [0.05, 0.1) is 0 Å². The summed E-state index contributed by atoms with van der Waals surface area (Å²) < 4.78 is 0. The number of nitrogens with two attached hydrogens (primary N) is 2. The Bertz CT molecular complexity index is 350. The number of benzene rings is 1. The molecule has 0 amide bonds. The Morgan fingerprint density at radius 3 is 1.94 bits per heavy atom. The normalized spacial score (nSPS) is 16.5. The summed E-state index contributed by atoms with van der Waals surface area (Å²) in [6.07, 6.45) is 2.36. The molecule has 2 unspecified atom stereocenters. The van der Waals surface area contributed by atoms with Crippen molar-refractivity contribution in [2.45, 2.75) is 46.5 Å². The molecule has 0 spiro atoms. The van der Waals surface area contributed by atoms with Crippen LogP contribution < -0.4 is 11.5 Å². The molecule has 17 heavy (non-hydrogen) atoms. The topological polar surface area (TPSA) is 52.0 Å². The number of rotatable bonds is 5.